The molecule has 1 saturated heterocycles. The number of nitrogens with two attached hydrogens (primary N) is 1. The molecule has 208 valence electrons. The minimum absolute atomic E-state index is 0. The Morgan fingerprint density at radius 2 is 1.73 bits per heavy atom. The second kappa shape index (κ2) is 11.9. The third kappa shape index (κ3) is 6.31. The van der Waals surface area contributed by atoms with Crippen molar-refractivity contribution in [2.24, 2.45) is 0 Å². The summed E-state index contributed by atoms with van der Waals surface area (Å²) in [6.45, 7) is 0.660. The van der Waals surface area contributed by atoms with Crippen molar-refractivity contribution in [3.05, 3.63) is 107 Å². The first-order valence-corrected chi connectivity index (χ1v) is 12.5. The number of para-hydroxylation sites is 1. The van der Waals surface area contributed by atoms with Gasteiger partial charge >= 0.3 is 6.18 Å². The van der Waals surface area contributed by atoms with E-state index in [1.165, 1.54) is 12.1 Å². The number of hydrogen-bond acceptors (Lipinski definition) is 3. The highest BCUT2D eigenvalue weighted by atomic mass is 35.5. The average Bonchev–Trinajstić information content (AvgIpc) is 3.34. The van der Waals surface area contributed by atoms with Crippen LogP contribution in [0.5, 0.6) is 0 Å². The minimum atomic E-state index is -4.63. The van der Waals surface area contributed by atoms with E-state index in [4.69, 9.17) is 5.73 Å². The molecule has 3 aromatic carbocycles. The lowest BCUT2D eigenvalue weighted by molar-refractivity contribution is -0.137. The van der Waals surface area contributed by atoms with Gasteiger partial charge in [-0.05, 0) is 47.9 Å². The van der Waals surface area contributed by atoms with E-state index in [1.54, 1.807) is 15.9 Å². The Morgan fingerprint density at radius 1 is 1.00 bits per heavy atom. The van der Waals surface area contributed by atoms with Crippen LogP contribution in [0.15, 0.2) is 85.1 Å². The lowest BCUT2D eigenvalue weighted by Gasteiger charge is -2.41. The van der Waals surface area contributed by atoms with Crippen molar-refractivity contribution in [1.29, 1.82) is 0 Å². The third-order valence-electron chi connectivity index (χ3n) is 6.93. The summed E-state index contributed by atoms with van der Waals surface area (Å²) in [5, 5.41) is 0.987. The molecule has 0 aliphatic carbocycles. The van der Waals surface area contributed by atoms with E-state index < -0.39 is 23.7 Å². The van der Waals surface area contributed by atoms with Crippen LogP contribution in [0.25, 0.3) is 17.0 Å². The predicted octanol–water partition coefficient (Wildman–Crippen LogP) is 5.80. The molecule has 5 rings (SSSR count). The number of H-pyrrole nitrogens is 1. The second-order valence-corrected chi connectivity index (χ2v) is 9.59. The van der Waals surface area contributed by atoms with Gasteiger partial charge in [0.25, 0.3) is 5.91 Å². The quantitative estimate of drug-likeness (QED) is 0.236. The summed E-state index contributed by atoms with van der Waals surface area (Å²) in [6.07, 6.45) is 0.884. The molecule has 0 bridgehead atoms. The Bertz CT molecular complexity index is 1540. The maximum absolute atomic E-state index is 13.6. The summed E-state index contributed by atoms with van der Waals surface area (Å²) in [6, 6.07) is 19.6. The standard InChI is InChI=1S/C30H27F3N4O2.ClH/c31-30(32,33)23-14-21(15-24(34)17-23)29(39)37-13-12-36(28(38)11-10-20-6-2-1-3-7-20)19-25(37)16-22-18-35-27-9-5-4-8-26(22)27;/h1-11,14-15,17-18,25,35H,12-13,16,19,34H2;1H/b11-10+;/t25-;/m1./s1. The highest BCUT2D eigenvalue weighted by molar-refractivity contribution is 5.96. The zero-order valence-corrected chi connectivity index (χ0v) is 22.2. The van der Waals surface area contributed by atoms with Gasteiger partial charge in [-0.25, -0.2) is 0 Å². The van der Waals surface area contributed by atoms with Gasteiger partial charge in [0.05, 0.1) is 11.6 Å². The highest BCUT2D eigenvalue weighted by Gasteiger charge is 2.35. The maximum Gasteiger partial charge on any atom is 0.416 e. The van der Waals surface area contributed by atoms with E-state index in [9.17, 15) is 22.8 Å². The lowest BCUT2D eigenvalue weighted by Crippen LogP contribution is -2.57. The molecule has 3 N–H and O–H groups in total. The van der Waals surface area contributed by atoms with Crippen molar-refractivity contribution >= 4 is 46.9 Å². The number of aromatic amines is 1. The number of nitrogen functional groups attached to an aromatic ring is 1. The zero-order chi connectivity index (χ0) is 27.6. The molecule has 0 unspecified atom stereocenters. The fourth-order valence-corrected chi connectivity index (χ4v) is 4.99. The first-order valence-electron chi connectivity index (χ1n) is 12.5. The fraction of sp³-hybridized carbons (Fsp3) is 0.200. The molecule has 1 atom stereocenters. The number of piperazine rings is 1. The lowest BCUT2D eigenvalue weighted by atomic mass is 9.99. The first-order chi connectivity index (χ1) is 18.7. The zero-order valence-electron chi connectivity index (χ0n) is 21.4. The number of nitrogens with zero attached hydrogens (tertiary/aromatic N) is 2. The van der Waals surface area contributed by atoms with Crippen LogP contribution in [-0.4, -0.2) is 52.3 Å². The number of fused-ring (bicyclic) bond motifs is 1. The summed E-state index contributed by atoms with van der Waals surface area (Å²) in [4.78, 5) is 33.1. The molecule has 2 heterocycles. The van der Waals surface area contributed by atoms with E-state index in [-0.39, 0.29) is 49.2 Å². The molecule has 10 heteroatoms. The summed E-state index contributed by atoms with van der Waals surface area (Å²) < 4.78 is 40.3. The van der Waals surface area contributed by atoms with Gasteiger partial charge in [0.2, 0.25) is 5.91 Å². The Labute approximate surface area is 235 Å². The average molecular weight is 569 g/mol. The van der Waals surface area contributed by atoms with Gasteiger partial charge in [0.1, 0.15) is 0 Å². The van der Waals surface area contributed by atoms with Crippen LogP contribution >= 0.6 is 12.4 Å². The number of nitrogens with one attached hydrogen (secondary N) is 1. The van der Waals surface area contributed by atoms with E-state index >= 15 is 0 Å². The van der Waals surface area contributed by atoms with Crippen molar-refractivity contribution in [1.82, 2.24) is 14.8 Å². The molecule has 1 aliphatic heterocycles. The van der Waals surface area contributed by atoms with Gasteiger partial charge < -0.3 is 20.5 Å². The predicted molar refractivity (Wildman–Crippen MR) is 152 cm³/mol. The monoisotopic (exact) mass is 568 g/mol. The van der Waals surface area contributed by atoms with E-state index in [1.807, 2.05) is 60.8 Å². The number of hydrogen-bond donors (Lipinski definition) is 2. The van der Waals surface area contributed by atoms with Crippen LogP contribution < -0.4 is 5.73 Å². The Balaban J connectivity index is 0.00000370. The molecular formula is C30H28ClF3N4O2. The number of anilines is 1. The second-order valence-electron chi connectivity index (χ2n) is 9.59. The van der Waals surface area contributed by atoms with Gasteiger partial charge in [-0.2, -0.15) is 13.2 Å². The first kappa shape index (κ1) is 28.8. The van der Waals surface area contributed by atoms with Crippen molar-refractivity contribution in [3.8, 4) is 0 Å². The molecule has 6 nitrogen and oxygen atoms in total. The molecule has 0 radical (unpaired) electrons. The van der Waals surface area contributed by atoms with Crippen molar-refractivity contribution < 1.29 is 22.8 Å². The van der Waals surface area contributed by atoms with Crippen molar-refractivity contribution in [2.45, 2.75) is 18.6 Å². The number of aromatic nitrogens is 1. The molecular weight excluding hydrogens is 541 g/mol. The SMILES string of the molecule is Cl.Nc1cc(C(=O)N2CCN(C(=O)/C=C/c3ccccc3)C[C@H]2Cc2c[nH]c3ccccc23)cc(C(F)(F)F)c1. The Morgan fingerprint density at radius 3 is 2.48 bits per heavy atom. The van der Waals surface area contributed by atoms with Gasteiger partial charge in [0.15, 0.2) is 0 Å². The van der Waals surface area contributed by atoms with Crippen LogP contribution in [0.2, 0.25) is 0 Å². The number of carbonyl (C=O) groups excluding carboxylic acids is 2. The number of alkyl halides is 3. The number of carbonyl (C=O) groups is 2. The van der Waals surface area contributed by atoms with Gasteiger partial charge in [-0.1, -0.05) is 48.5 Å². The summed E-state index contributed by atoms with van der Waals surface area (Å²) in [7, 11) is 0. The molecule has 1 aliphatic rings. The Kier molecular flexibility index (Phi) is 8.54. The normalized spacial score (nSPS) is 15.8. The number of amides is 2. The van der Waals surface area contributed by atoms with E-state index in [0.717, 1.165) is 34.2 Å². The molecule has 40 heavy (non-hydrogen) atoms. The molecule has 4 aromatic rings. The fourth-order valence-electron chi connectivity index (χ4n) is 4.99. The van der Waals surface area contributed by atoms with E-state index in [0.29, 0.717) is 6.42 Å². The largest absolute Gasteiger partial charge is 0.416 e. The molecule has 1 aromatic heterocycles. The Hall–Kier alpha value is -4.24. The van der Waals surface area contributed by atoms with Crippen LogP contribution in [-0.2, 0) is 17.4 Å². The number of benzene rings is 3. The summed E-state index contributed by atoms with van der Waals surface area (Å²) in [5.41, 5.74) is 7.27. The topological polar surface area (TPSA) is 82.4 Å². The van der Waals surface area contributed by atoms with Gasteiger partial charge in [-0.15, -0.1) is 12.4 Å². The van der Waals surface area contributed by atoms with Crippen LogP contribution in [0, 0.1) is 0 Å². The molecule has 0 saturated carbocycles. The van der Waals surface area contributed by atoms with Crippen molar-refractivity contribution in [2.75, 3.05) is 25.4 Å². The summed E-state index contributed by atoms with van der Waals surface area (Å²) in [5.74, 6) is -0.747. The van der Waals surface area contributed by atoms with Crippen LogP contribution in [0.1, 0.15) is 27.0 Å². The van der Waals surface area contributed by atoms with Crippen LogP contribution in [0.4, 0.5) is 18.9 Å². The minimum Gasteiger partial charge on any atom is -0.399 e. The van der Waals surface area contributed by atoms with Gasteiger partial charge in [-0.3, -0.25) is 9.59 Å². The highest BCUT2D eigenvalue weighted by Crippen LogP contribution is 2.32. The molecule has 2 amide bonds. The van der Waals surface area contributed by atoms with E-state index in [2.05, 4.69) is 4.98 Å². The summed E-state index contributed by atoms with van der Waals surface area (Å²) >= 11 is 0. The van der Waals surface area contributed by atoms with Crippen LogP contribution in [0.3, 0.4) is 0 Å². The smallest absolute Gasteiger partial charge is 0.399 e. The van der Waals surface area contributed by atoms with Crippen molar-refractivity contribution in [3.63, 3.8) is 0 Å². The number of rotatable bonds is 5. The number of halogens is 4. The third-order valence-corrected chi connectivity index (χ3v) is 6.93. The molecule has 1 fully saturated rings. The molecule has 0 spiro atoms. The maximum atomic E-state index is 13.6. The van der Waals surface area contributed by atoms with Gasteiger partial charge in [0, 0.05) is 54.1 Å².